The van der Waals surface area contributed by atoms with Crippen molar-refractivity contribution in [1.82, 2.24) is 9.97 Å². The average molecular weight is 386 g/mol. The number of carboxylic acids is 1. The highest BCUT2D eigenvalue weighted by molar-refractivity contribution is 6.28. The maximum atomic E-state index is 10.8. The van der Waals surface area contributed by atoms with Gasteiger partial charge < -0.3 is 14.8 Å². The van der Waals surface area contributed by atoms with E-state index >= 15 is 0 Å². The molecule has 0 aliphatic heterocycles. The molecular formula is C20H20ClN3O3. The molecule has 27 heavy (non-hydrogen) atoms. The van der Waals surface area contributed by atoms with Gasteiger partial charge in [0.05, 0.1) is 6.42 Å². The lowest BCUT2D eigenvalue weighted by Crippen LogP contribution is -2.07. The fourth-order valence-electron chi connectivity index (χ4n) is 2.86. The molecular weight excluding hydrogens is 366 g/mol. The Balaban J connectivity index is 1.96. The van der Waals surface area contributed by atoms with Gasteiger partial charge in [0.25, 0.3) is 0 Å². The molecule has 0 aliphatic rings. The summed E-state index contributed by atoms with van der Waals surface area (Å²) in [5, 5.41) is 12.5. The van der Waals surface area contributed by atoms with Crippen LogP contribution in [0, 0.1) is 0 Å². The molecule has 0 amide bonds. The molecule has 3 rings (SSSR count). The Labute approximate surface area is 162 Å². The van der Waals surface area contributed by atoms with Crippen LogP contribution >= 0.6 is 11.6 Å². The van der Waals surface area contributed by atoms with Gasteiger partial charge in [0.2, 0.25) is 0 Å². The molecule has 7 heteroatoms. The van der Waals surface area contributed by atoms with Gasteiger partial charge in [-0.1, -0.05) is 26.0 Å². The molecule has 2 heterocycles. The molecule has 140 valence electrons. The van der Waals surface area contributed by atoms with E-state index in [9.17, 15) is 4.79 Å². The van der Waals surface area contributed by atoms with Crippen LogP contribution in [0.1, 0.15) is 30.7 Å². The second kappa shape index (κ2) is 8.22. The largest absolute Gasteiger partial charge is 0.481 e. The Morgan fingerprint density at radius 2 is 1.85 bits per heavy atom. The fraction of sp³-hybridized carbons (Fsp3) is 0.250. The van der Waals surface area contributed by atoms with Gasteiger partial charge in [-0.15, -0.1) is 0 Å². The van der Waals surface area contributed by atoms with Gasteiger partial charge in [0.1, 0.15) is 5.82 Å². The summed E-state index contributed by atoms with van der Waals surface area (Å²) in [4.78, 5) is 20.1. The van der Waals surface area contributed by atoms with E-state index in [2.05, 4.69) is 22.2 Å². The molecule has 2 N–H and O–H groups in total. The molecule has 0 spiro atoms. The molecule has 0 atom stereocenters. The summed E-state index contributed by atoms with van der Waals surface area (Å²) in [6, 6.07) is 10.7. The first-order chi connectivity index (χ1) is 13.0. The zero-order valence-electron chi connectivity index (χ0n) is 15.1. The van der Waals surface area contributed by atoms with E-state index in [1.807, 2.05) is 19.1 Å². The topological polar surface area (TPSA) is 88.3 Å². The third kappa shape index (κ3) is 4.46. The van der Waals surface area contributed by atoms with Gasteiger partial charge in [-0.3, -0.25) is 4.79 Å². The van der Waals surface area contributed by atoms with Crippen molar-refractivity contribution in [3.63, 3.8) is 0 Å². The monoisotopic (exact) mass is 385 g/mol. The summed E-state index contributed by atoms with van der Waals surface area (Å²) in [5.74, 6) is 0.838. The smallest absolute Gasteiger partial charge is 0.307 e. The Bertz CT molecular complexity index is 952. The van der Waals surface area contributed by atoms with Crippen LogP contribution in [-0.4, -0.2) is 21.0 Å². The van der Waals surface area contributed by atoms with Crippen molar-refractivity contribution in [1.29, 1.82) is 0 Å². The molecule has 0 unspecified atom stereocenters. The van der Waals surface area contributed by atoms with Gasteiger partial charge in [0.15, 0.2) is 16.8 Å². The van der Waals surface area contributed by atoms with Crippen molar-refractivity contribution in [2.24, 2.45) is 0 Å². The first-order valence-corrected chi connectivity index (χ1v) is 9.11. The summed E-state index contributed by atoms with van der Waals surface area (Å²) in [7, 11) is 0. The number of hydrogen-bond acceptors (Lipinski definition) is 5. The van der Waals surface area contributed by atoms with Crippen molar-refractivity contribution in [3.8, 4) is 11.6 Å². The predicted octanol–water partition coefficient (Wildman–Crippen LogP) is 4.89. The fourth-order valence-corrected chi connectivity index (χ4v) is 3.01. The van der Waals surface area contributed by atoms with Crippen molar-refractivity contribution in [2.45, 2.75) is 33.1 Å². The van der Waals surface area contributed by atoms with Crippen molar-refractivity contribution < 1.29 is 14.3 Å². The van der Waals surface area contributed by atoms with Crippen LogP contribution in [0.25, 0.3) is 11.6 Å². The number of rotatable bonds is 7. The number of furan rings is 1. The molecule has 1 aromatic carbocycles. The standard InChI is InChI=1S/C20H20ClN3O3/c1-3-14-15(4-2)23-20(16-9-10-17(21)27-16)24-19(14)22-13-7-5-12(6-8-13)11-18(25)26/h5-10H,3-4,11H2,1-2H3,(H,25,26)(H,22,23,24). The van der Waals surface area contributed by atoms with Gasteiger partial charge >= 0.3 is 5.97 Å². The number of aromatic nitrogens is 2. The highest BCUT2D eigenvalue weighted by Crippen LogP contribution is 2.28. The van der Waals surface area contributed by atoms with Crippen LogP contribution in [0.15, 0.2) is 40.8 Å². The molecule has 0 fully saturated rings. The van der Waals surface area contributed by atoms with Crippen LogP contribution in [-0.2, 0) is 24.1 Å². The SMILES string of the molecule is CCc1nc(-c2ccc(Cl)o2)nc(Nc2ccc(CC(=O)O)cc2)c1CC. The van der Waals surface area contributed by atoms with Gasteiger partial charge in [-0.05, 0) is 54.3 Å². The van der Waals surface area contributed by atoms with Gasteiger partial charge in [-0.2, -0.15) is 0 Å². The van der Waals surface area contributed by atoms with Crippen molar-refractivity contribution in [3.05, 3.63) is 58.4 Å². The van der Waals surface area contributed by atoms with E-state index in [1.54, 1.807) is 24.3 Å². The van der Waals surface area contributed by atoms with E-state index in [0.29, 0.717) is 17.4 Å². The normalized spacial score (nSPS) is 10.8. The maximum absolute atomic E-state index is 10.8. The quantitative estimate of drug-likeness (QED) is 0.602. The minimum absolute atomic E-state index is 0.00260. The third-order valence-electron chi connectivity index (χ3n) is 4.15. The van der Waals surface area contributed by atoms with Crippen LogP contribution in [0.5, 0.6) is 0 Å². The number of carboxylic acid groups (broad SMARTS) is 1. The predicted molar refractivity (Wildman–Crippen MR) is 105 cm³/mol. The molecule has 0 aliphatic carbocycles. The lowest BCUT2D eigenvalue weighted by Gasteiger charge is -2.14. The van der Waals surface area contributed by atoms with Crippen LogP contribution in [0.4, 0.5) is 11.5 Å². The highest BCUT2D eigenvalue weighted by atomic mass is 35.5. The molecule has 2 aromatic heterocycles. The molecule has 0 bridgehead atoms. The number of carbonyl (C=O) groups is 1. The molecule has 6 nitrogen and oxygen atoms in total. The summed E-state index contributed by atoms with van der Waals surface area (Å²) in [6.07, 6.45) is 1.54. The Morgan fingerprint density at radius 1 is 1.11 bits per heavy atom. The summed E-state index contributed by atoms with van der Waals surface area (Å²) in [5.41, 5.74) is 3.54. The summed E-state index contributed by atoms with van der Waals surface area (Å²) < 4.78 is 5.46. The van der Waals surface area contributed by atoms with Crippen LogP contribution in [0.3, 0.4) is 0 Å². The van der Waals surface area contributed by atoms with Gasteiger partial charge in [0, 0.05) is 16.9 Å². The van der Waals surface area contributed by atoms with Crippen LogP contribution in [0.2, 0.25) is 5.22 Å². The zero-order chi connectivity index (χ0) is 19.4. The number of anilines is 2. The minimum atomic E-state index is -0.853. The molecule has 0 saturated heterocycles. The first-order valence-electron chi connectivity index (χ1n) is 8.73. The lowest BCUT2D eigenvalue weighted by atomic mass is 10.1. The number of aryl methyl sites for hydroxylation is 1. The average Bonchev–Trinajstić information content (AvgIpc) is 3.08. The van der Waals surface area contributed by atoms with E-state index in [0.717, 1.165) is 35.3 Å². The lowest BCUT2D eigenvalue weighted by molar-refractivity contribution is -0.136. The Kier molecular flexibility index (Phi) is 5.76. The number of benzene rings is 1. The van der Waals surface area contributed by atoms with Crippen molar-refractivity contribution >= 4 is 29.1 Å². The number of hydrogen-bond donors (Lipinski definition) is 2. The Hall–Kier alpha value is -2.86. The third-order valence-corrected chi connectivity index (χ3v) is 4.35. The van der Waals surface area contributed by atoms with E-state index in [4.69, 9.17) is 21.1 Å². The summed E-state index contributed by atoms with van der Waals surface area (Å²) >= 11 is 5.88. The second-order valence-electron chi connectivity index (χ2n) is 6.02. The van der Waals surface area contributed by atoms with E-state index in [-0.39, 0.29) is 11.6 Å². The van der Waals surface area contributed by atoms with E-state index < -0.39 is 5.97 Å². The minimum Gasteiger partial charge on any atom is -0.481 e. The Morgan fingerprint density at radius 3 is 2.41 bits per heavy atom. The highest BCUT2D eigenvalue weighted by Gasteiger charge is 2.16. The number of nitrogens with one attached hydrogen (secondary N) is 1. The van der Waals surface area contributed by atoms with Crippen molar-refractivity contribution in [2.75, 3.05) is 5.32 Å². The summed E-state index contributed by atoms with van der Waals surface area (Å²) in [6.45, 7) is 4.10. The molecule has 0 radical (unpaired) electrons. The second-order valence-corrected chi connectivity index (χ2v) is 6.40. The number of nitrogens with zero attached hydrogens (tertiary/aromatic N) is 2. The van der Waals surface area contributed by atoms with Gasteiger partial charge in [-0.25, -0.2) is 9.97 Å². The van der Waals surface area contributed by atoms with E-state index in [1.165, 1.54) is 0 Å². The first kappa shape index (κ1) is 18.9. The van der Waals surface area contributed by atoms with Crippen LogP contribution < -0.4 is 5.32 Å². The molecule has 0 saturated carbocycles. The number of halogens is 1. The zero-order valence-corrected chi connectivity index (χ0v) is 15.9. The molecule has 3 aromatic rings. The maximum Gasteiger partial charge on any atom is 0.307 e. The number of aliphatic carboxylic acids is 1.